The number of nitrogens with one attached hydrogen (secondary N) is 1. The van der Waals surface area contributed by atoms with E-state index in [1.54, 1.807) is 0 Å². The van der Waals surface area contributed by atoms with Crippen LogP contribution in [0.1, 0.15) is 23.2 Å². The molecule has 0 spiro atoms. The molecule has 1 unspecified atom stereocenters. The van der Waals surface area contributed by atoms with E-state index in [1.165, 1.54) is 24.3 Å². The number of rotatable bonds is 8. The molecule has 11 heteroatoms. The molecule has 0 aliphatic rings. The van der Waals surface area contributed by atoms with Gasteiger partial charge in [-0.1, -0.05) is 0 Å². The molecule has 1 aromatic rings. The summed E-state index contributed by atoms with van der Waals surface area (Å²) in [5, 5.41) is 16.4. The number of carboxylic acids is 1. The van der Waals surface area contributed by atoms with E-state index < -0.39 is 27.9 Å². The fraction of sp³-hybridized carbons (Fsp3) is 0.308. The van der Waals surface area contributed by atoms with Gasteiger partial charge in [-0.25, -0.2) is 18.4 Å². The normalized spacial score (nSPS) is 12.2. The van der Waals surface area contributed by atoms with Crippen molar-refractivity contribution >= 4 is 27.9 Å². The van der Waals surface area contributed by atoms with Crippen molar-refractivity contribution in [2.24, 2.45) is 21.6 Å². The molecule has 0 saturated heterocycles. The van der Waals surface area contributed by atoms with Crippen LogP contribution < -0.4 is 21.9 Å². The van der Waals surface area contributed by atoms with E-state index in [1.807, 2.05) is 0 Å². The lowest BCUT2D eigenvalue weighted by atomic mass is 10.1. The van der Waals surface area contributed by atoms with Crippen LogP contribution in [-0.2, 0) is 14.8 Å². The number of primary sulfonamides is 1. The highest BCUT2D eigenvalue weighted by atomic mass is 32.2. The summed E-state index contributed by atoms with van der Waals surface area (Å²) in [6.45, 7) is 0.241. The van der Waals surface area contributed by atoms with E-state index >= 15 is 0 Å². The lowest BCUT2D eigenvalue weighted by Crippen LogP contribution is -2.40. The van der Waals surface area contributed by atoms with Crippen LogP contribution in [0.15, 0.2) is 34.2 Å². The second-order valence-corrected chi connectivity index (χ2v) is 6.44. The van der Waals surface area contributed by atoms with Gasteiger partial charge in [0.15, 0.2) is 5.96 Å². The van der Waals surface area contributed by atoms with Crippen molar-refractivity contribution in [3.8, 4) is 0 Å². The number of hydrogen-bond donors (Lipinski definition) is 5. The first kappa shape index (κ1) is 19.4. The van der Waals surface area contributed by atoms with Crippen LogP contribution in [0.25, 0.3) is 0 Å². The van der Waals surface area contributed by atoms with E-state index in [2.05, 4.69) is 10.3 Å². The third-order valence-corrected chi connectivity index (χ3v) is 3.92. The predicted octanol–water partition coefficient (Wildman–Crippen LogP) is -1.43. The maximum Gasteiger partial charge on any atom is 0.326 e. The van der Waals surface area contributed by atoms with Crippen molar-refractivity contribution in [1.82, 2.24) is 5.32 Å². The average molecular weight is 357 g/mol. The number of benzene rings is 1. The Morgan fingerprint density at radius 2 is 1.79 bits per heavy atom. The molecule has 0 heterocycles. The Bertz CT molecular complexity index is 726. The summed E-state index contributed by atoms with van der Waals surface area (Å²) >= 11 is 0. The molecule has 0 bridgehead atoms. The van der Waals surface area contributed by atoms with Crippen LogP contribution >= 0.6 is 0 Å². The number of carboxylic acid groups (broad SMARTS) is 1. The van der Waals surface area contributed by atoms with Crippen molar-refractivity contribution in [3.05, 3.63) is 29.8 Å². The molecule has 0 fully saturated rings. The fourth-order valence-corrected chi connectivity index (χ4v) is 2.31. The highest BCUT2D eigenvalue weighted by Crippen LogP contribution is 2.09. The highest BCUT2D eigenvalue weighted by molar-refractivity contribution is 7.89. The third kappa shape index (κ3) is 6.22. The second-order valence-electron chi connectivity index (χ2n) is 4.88. The molecule has 0 radical (unpaired) electrons. The minimum atomic E-state index is -3.86. The highest BCUT2D eigenvalue weighted by Gasteiger charge is 2.20. The summed E-state index contributed by atoms with van der Waals surface area (Å²) < 4.78 is 22.3. The number of aliphatic carboxylic acids is 1. The zero-order valence-corrected chi connectivity index (χ0v) is 13.5. The van der Waals surface area contributed by atoms with Crippen LogP contribution in [-0.4, -0.2) is 43.9 Å². The predicted molar refractivity (Wildman–Crippen MR) is 86.6 cm³/mol. The summed E-state index contributed by atoms with van der Waals surface area (Å²) in [7, 11) is -3.86. The number of guanidine groups is 1. The number of hydrogen-bond acceptors (Lipinski definition) is 5. The Balaban J connectivity index is 2.71. The first-order chi connectivity index (χ1) is 11.1. The Hall–Kier alpha value is -2.66. The Kier molecular flexibility index (Phi) is 6.68. The molecular weight excluding hydrogens is 338 g/mol. The van der Waals surface area contributed by atoms with Crippen molar-refractivity contribution in [3.63, 3.8) is 0 Å². The molecule has 0 aliphatic heterocycles. The largest absolute Gasteiger partial charge is 0.480 e. The molecule has 0 saturated carbocycles. The van der Waals surface area contributed by atoms with Gasteiger partial charge in [-0.15, -0.1) is 0 Å². The summed E-state index contributed by atoms with van der Waals surface area (Å²) in [5.74, 6) is -1.94. The van der Waals surface area contributed by atoms with Gasteiger partial charge < -0.3 is 21.9 Å². The third-order valence-electron chi connectivity index (χ3n) is 2.99. The quantitative estimate of drug-likeness (QED) is 0.214. The second kappa shape index (κ2) is 8.26. The molecule has 1 amide bonds. The molecule has 8 N–H and O–H groups in total. The van der Waals surface area contributed by atoms with Gasteiger partial charge in [0.25, 0.3) is 5.91 Å². The number of amides is 1. The maximum atomic E-state index is 12.0. The molecular formula is C13H19N5O5S. The van der Waals surface area contributed by atoms with Crippen molar-refractivity contribution in [1.29, 1.82) is 0 Å². The van der Waals surface area contributed by atoms with Gasteiger partial charge in [0.2, 0.25) is 10.0 Å². The number of carbonyl (C=O) groups excluding carboxylic acids is 1. The smallest absolute Gasteiger partial charge is 0.326 e. The van der Waals surface area contributed by atoms with E-state index in [9.17, 15) is 18.0 Å². The van der Waals surface area contributed by atoms with Crippen LogP contribution in [0.5, 0.6) is 0 Å². The molecule has 1 atom stereocenters. The average Bonchev–Trinajstić information content (AvgIpc) is 2.48. The summed E-state index contributed by atoms with van der Waals surface area (Å²) in [6, 6.07) is 3.70. The number of nitrogens with two attached hydrogens (primary N) is 3. The van der Waals surface area contributed by atoms with Crippen LogP contribution in [0.4, 0.5) is 0 Å². The van der Waals surface area contributed by atoms with Gasteiger partial charge in [-0.05, 0) is 37.1 Å². The van der Waals surface area contributed by atoms with Gasteiger partial charge in [0.05, 0.1) is 4.90 Å². The topological polar surface area (TPSA) is 191 Å². The minimum Gasteiger partial charge on any atom is -0.480 e. The van der Waals surface area contributed by atoms with Crippen molar-refractivity contribution in [2.45, 2.75) is 23.8 Å². The van der Waals surface area contributed by atoms with Gasteiger partial charge in [0, 0.05) is 12.1 Å². The Morgan fingerprint density at radius 1 is 1.21 bits per heavy atom. The minimum absolute atomic E-state index is 0.0964. The zero-order chi connectivity index (χ0) is 18.3. The molecule has 0 aromatic heterocycles. The number of nitrogens with zero attached hydrogens (tertiary/aromatic N) is 1. The van der Waals surface area contributed by atoms with Gasteiger partial charge in [0.1, 0.15) is 6.04 Å². The molecule has 1 aromatic carbocycles. The summed E-state index contributed by atoms with van der Waals surface area (Å²) in [4.78, 5) is 26.8. The van der Waals surface area contributed by atoms with Crippen molar-refractivity contribution < 1.29 is 23.1 Å². The van der Waals surface area contributed by atoms with Crippen LogP contribution in [0.2, 0.25) is 0 Å². The van der Waals surface area contributed by atoms with E-state index in [-0.39, 0.29) is 29.4 Å². The van der Waals surface area contributed by atoms with E-state index in [0.717, 1.165) is 0 Å². The fourth-order valence-electron chi connectivity index (χ4n) is 1.80. The van der Waals surface area contributed by atoms with Gasteiger partial charge >= 0.3 is 5.97 Å². The maximum absolute atomic E-state index is 12.0. The Labute approximate surface area is 138 Å². The summed E-state index contributed by atoms with van der Waals surface area (Å²) in [6.07, 6.45) is 0.493. The zero-order valence-electron chi connectivity index (χ0n) is 12.7. The standard InChI is InChI=1S/C13H19N5O5S/c14-13(15)17-7-1-2-10(12(20)21)18-11(19)8-3-5-9(6-4-8)24(16,22)23/h3-6,10H,1-2,7H2,(H,18,19)(H,20,21)(H4,14,15,17)(H2,16,22,23). The number of sulfonamides is 1. The molecule has 0 aliphatic carbocycles. The first-order valence-corrected chi connectivity index (χ1v) is 8.38. The summed E-state index contributed by atoms with van der Waals surface area (Å²) in [5.41, 5.74) is 10.4. The first-order valence-electron chi connectivity index (χ1n) is 6.83. The van der Waals surface area contributed by atoms with Gasteiger partial charge in [-0.3, -0.25) is 9.79 Å². The SMILES string of the molecule is NC(N)=NCCCC(NC(=O)c1ccc(S(N)(=O)=O)cc1)C(=O)O. The van der Waals surface area contributed by atoms with E-state index in [0.29, 0.717) is 6.42 Å². The lowest BCUT2D eigenvalue weighted by molar-refractivity contribution is -0.139. The Morgan fingerprint density at radius 3 is 2.25 bits per heavy atom. The van der Waals surface area contributed by atoms with Crippen LogP contribution in [0.3, 0.4) is 0 Å². The van der Waals surface area contributed by atoms with Crippen molar-refractivity contribution in [2.75, 3.05) is 6.54 Å². The van der Waals surface area contributed by atoms with Gasteiger partial charge in [-0.2, -0.15) is 0 Å². The molecule has 10 nitrogen and oxygen atoms in total. The molecule has 132 valence electrons. The monoisotopic (exact) mass is 357 g/mol. The molecule has 24 heavy (non-hydrogen) atoms. The number of aliphatic imine (C=N–C) groups is 1. The lowest BCUT2D eigenvalue weighted by Gasteiger charge is -2.14. The van der Waals surface area contributed by atoms with Crippen LogP contribution in [0, 0.1) is 0 Å². The molecule has 1 rings (SSSR count). The van der Waals surface area contributed by atoms with E-state index in [4.69, 9.17) is 21.7 Å². The number of carbonyl (C=O) groups is 2.